The van der Waals surface area contributed by atoms with E-state index in [1.807, 2.05) is 38.1 Å². The van der Waals surface area contributed by atoms with Crippen molar-refractivity contribution in [3.63, 3.8) is 0 Å². The third kappa shape index (κ3) is 6.15. The van der Waals surface area contributed by atoms with E-state index in [4.69, 9.17) is 14.4 Å². The summed E-state index contributed by atoms with van der Waals surface area (Å²) in [5.41, 5.74) is 4.39. The Labute approximate surface area is 192 Å². The highest BCUT2D eigenvalue weighted by Gasteiger charge is 2.17. The minimum atomic E-state index is -0.903. The third-order valence-electron chi connectivity index (χ3n) is 5.13. The van der Waals surface area contributed by atoms with Gasteiger partial charge in [-0.2, -0.15) is 4.98 Å². The number of nitrogens with one attached hydrogen (secondary N) is 1. The highest BCUT2D eigenvalue weighted by Crippen LogP contribution is 2.31. The van der Waals surface area contributed by atoms with Crippen LogP contribution >= 0.6 is 0 Å². The lowest BCUT2D eigenvalue weighted by Gasteiger charge is -2.17. The molecule has 3 aromatic rings. The second-order valence-corrected chi connectivity index (χ2v) is 8.11. The van der Waals surface area contributed by atoms with Gasteiger partial charge in [0, 0.05) is 29.6 Å². The molecule has 0 radical (unpaired) electrons. The van der Waals surface area contributed by atoms with Crippen molar-refractivity contribution in [1.82, 2.24) is 20.4 Å². The number of aromatic nitrogens is 3. The van der Waals surface area contributed by atoms with E-state index in [0.717, 1.165) is 27.9 Å². The molecule has 0 bridgehead atoms. The maximum absolute atomic E-state index is 11.1. The Morgan fingerprint density at radius 1 is 1.24 bits per heavy atom. The van der Waals surface area contributed by atoms with Gasteiger partial charge in [0.2, 0.25) is 11.7 Å². The van der Waals surface area contributed by atoms with Gasteiger partial charge < -0.3 is 24.8 Å². The number of ether oxygens (including phenoxy) is 1. The van der Waals surface area contributed by atoms with Crippen molar-refractivity contribution in [2.24, 2.45) is 0 Å². The number of rotatable bonds is 10. The van der Waals surface area contributed by atoms with E-state index >= 15 is 0 Å². The van der Waals surface area contributed by atoms with Crippen LogP contribution in [0.25, 0.3) is 22.8 Å². The molecule has 176 valence electrons. The Morgan fingerprint density at radius 2 is 2.03 bits per heavy atom. The molecule has 1 amide bonds. The van der Waals surface area contributed by atoms with Crippen molar-refractivity contribution < 1.29 is 24.3 Å². The number of aliphatic hydroxyl groups is 2. The predicted molar refractivity (Wildman–Crippen MR) is 123 cm³/mol. The normalized spacial score (nSPS) is 12.1. The number of aliphatic hydroxyl groups excluding tert-OH is 2. The van der Waals surface area contributed by atoms with E-state index in [-0.39, 0.29) is 13.2 Å². The summed E-state index contributed by atoms with van der Waals surface area (Å²) in [7, 11) is 0. The summed E-state index contributed by atoms with van der Waals surface area (Å²) in [5.74, 6) is 1.32. The number of aryl methyl sites for hydroxylation is 2. The Hall–Kier alpha value is -3.30. The van der Waals surface area contributed by atoms with Crippen LogP contribution in [0.15, 0.2) is 35.0 Å². The third-order valence-corrected chi connectivity index (χ3v) is 5.13. The fourth-order valence-electron chi connectivity index (χ4n) is 3.33. The van der Waals surface area contributed by atoms with Crippen molar-refractivity contribution in [2.45, 2.75) is 46.1 Å². The van der Waals surface area contributed by atoms with Crippen LogP contribution in [-0.2, 0) is 11.2 Å². The summed E-state index contributed by atoms with van der Waals surface area (Å²) in [5, 5.41) is 25.4. The average Bonchev–Trinajstić information content (AvgIpc) is 3.31. The number of pyridine rings is 1. The molecule has 0 aliphatic heterocycles. The van der Waals surface area contributed by atoms with Crippen molar-refractivity contribution in [3.8, 4) is 28.6 Å². The predicted octanol–water partition coefficient (Wildman–Crippen LogP) is 2.64. The highest BCUT2D eigenvalue weighted by molar-refractivity contribution is 5.76. The zero-order valence-corrected chi connectivity index (χ0v) is 19.3. The number of hydrogen-bond acceptors (Lipinski definition) is 8. The maximum atomic E-state index is 11.1. The largest absolute Gasteiger partial charge is 0.490 e. The number of carbonyl (C=O) groups excluding carboxylic acids is 1. The molecule has 0 spiro atoms. The van der Waals surface area contributed by atoms with Crippen molar-refractivity contribution in [2.75, 3.05) is 19.8 Å². The Morgan fingerprint density at radius 3 is 2.73 bits per heavy atom. The minimum Gasteiger partial charge on any atom is -0.490 e. The van der Waals surface area contributed by atoms with Crippen molar-refractivity contribution in [3.05, 3.63) is 47.3 Å². The van der Waals surface area contributed by atoms with Crippen molar-refractivity contribution >= 4 is 5.91 Å². The summed E-state index contributed by atoms with van der Waals surface area (Å²) in [6.45, 7) is 7.46. The first-order chi connectivity index (χ1) is 15.8. The molecule has 9 heteroatoms. The van der Waals surface area contributed by atoms with Crippen LogP contribution in [0.5, 0.6) is 5.75 Å². The van der Waals surface area contributed by atoms with Gasteiger partial charge in [0.1, 0.15) is 25.1 Å². The van der Waals surface area contributed by atoms with Gasteiger partial charge in [-0.1, -0.05) is 25.9 Å². The molecular formula is C24H30N4O5. The molecule has 0 aliphatic rings. The van der Waals surface area contributed by atoms with Gasteiger partial charge in [0.15, 0.2) is 0 Å². The maximum Gasteiger partial charge on any atom is 0.258 e. The number of carbonyl (C=O) groups is 1. The fraction of sp³-hybridized carbons (Fsp3) is 0.417. The van der Waals surface area contributed by atoms with Crippen LogP contribution in [0, 0.1) is 6.92 Å². The zero-order chi connectivity index (χ0) is 24.0. The molecule has 0 fully saturated rings. The molecule has 0 saturated heterocycles. The van der Waals surface area contributed by atoms with Crippen LogP contribution in [0.1, 0.15) is 43.5 Å². The highest BCUT2D eigenvalue weighted by atomic mass is 16.5. The lowest BCUT2D eigenvalue weighted by Crippen LogP contribution is -2.36. The van der Waals surface area contributed by atoms with Crippen LogP contribution < -0.4 is 10.1 Å². The quantitative estimate of drug-likeness (QED) is 0.426. The van der Waals surface area contributed by atoms with Gasteiger partial charge in [-0.3, -0.25) is 9.78 Å². The molecular weight excluding hydrogens is 424 g/mol. The van der Waals surface area contributed by atoms with Crippen LogP contribution in [0.4, 0.5) is 0 Å². The van der Waals surface area contributed by atoms with Crippen molar-refractivity contribution in [1.29, 1.82) is 0 Å². The first kappa shape index (κ1) is 24.3. The molecule has 2 heterocycles. The monoisotopic (exact) mass is 454 g/mol. The summed E-state index contributed by atoms with van der Waals surface area (Å²) < 4.78 is 11.4. The topological polar surface area (TPSA) is 131 Å². The summed E-state index contributed by atoms with van der Waals surface area (Å²) in [4.78, 5) is 20.1. The molecule has 3 rings (SSSR count). The number of amides is 1. The van der Waals surface area contributed by atoms with Crippen LogP contribution in [0.3, 0.4) is 0 Å². The number of benzene rings is 1. The Kier molecular flexibility index (Phi) is 8.13. The standard InChI is InChI=1S/C24H30N4O5/c1-5-16-9-18(8-15(4)22(16)32-13-19(30)11-26-21(31)12-29)23-27-24(33-28-23)17-6-7-25-20(10-17)14(2)3/h6-10,14,19,29-30H,5,11-13H2,1-4H3,(H,26,31)/t19-/m0/s1. The number of nitrogens with zero attached hydrogens (tertiary/aromatic N) is 3. The lowest BCUT2D eigenvalue weighted by molar-refractivity contribution is -0.124. The van der Waals surface area contributed by atoms with E-state index < -0.39 is 18.6 Å². The minimum absolute atomic E-state index is 0.00283. The molecule has 33 heavy (non-hydrogen) atoms. The molecule has 0 aliphatic carbocycles. The molecule has 0 saturated carbocycles. The fourth-order valence-corrected chi connectivity index (χ4v) is 3.33. The first-order valence-corrected chi connectivity index (χ1v) is 10.9. The molecule has 2 aromatic heterocycles. The van der Waals surface area contributed by atoms with Crippen LogP contribution in [0.2, 0.25) is 0 Å². The number of hydrogen-bond donors (Lipinski definition) is 3. The SMILES string of the molecule is CCc1cc(-c2noc(-c3ccnc(C(C)C)c3)n2)cc(C)c1OC[C@@H](O)CNC(=O)CO. The lowest BCUT2D eigenvalue weighted by atomic mass is 10.0. The Balaban J connectivity index is 1.77. The van der Waals surface area contributed by atoms with Gasteiger partial charge in [0.05, 0.1) is 0 Å². The first-order valence-electron chi connectivity index (χ1n) is 10.9. The van der Waals surface area contributed by atoms with Gasteiger partial charge in [-0.15, -0.1) is 0 Å². The van der Waals surface area contributed by atoms with E-state index in [1.165, 1.54) is 0 Å². The molecule has 1 atom stereocenters. The van der Waals surface area contributed by atoms with E-state index in [0.29, 0.717) is 29.8 Å². The summed E-state index contributed by atoms with van der Waals surface area (Å²) >= 11 is 0. The summed E-state index contributed by atoms with van der Waals surface area (Å²) in [6.07, 6.45) is 1.54. The van der Waals surface area contributed by atoms with Gasteiger partial charge >= 0.3 is 0 Å². The van der Waals surface area contributed by atoms with E-state index in [9.17, 15) is 9.90 Å². The molecule has 0 unspecified atom stereocenters. The summed E-state index contributed by atoms with van der Waals surface area (Å²) in [6, 6.07) is 7.66. The molecule has 1 aromatic carbocycles. The van der Waals surface area contributed by atoms with E-state index in [1.54, 1.807) is 6.20 Å². The second-order valence-electron chi connectivity index (χ2n) is 8.11. The van der Waals surface area contributed by atoms with Gasteiger partial charge in [0.25, 0.3) is 5.89 Å². The van der Waals surface area contributed by atoms with Gasteiger partial charge in [-0.25, -0.2) is 0 Å². The molecule has 9 nitrogen and oxygen atoms in total. The van der Waals surface area contributed by atoms with Crippen LogP contribution in [-0.4, -0.2) is 57.1 Å². The second kappa shape index (κ2) is 11.0. The molecule has 3 N–H and O–H groups in total. The zero-order valence-electron chi connectivity index (χ0n) is 19.3. The van der Waals surface area contributed by atoms with Gasteiger partial charge in [-0.05, 0) is 54.7 Å². The average molecular weight is 455 g/mol. The Bertz CT molecular complexity index is 1100. The van der Waals surface area contributed by atoms with E-state index in [2.05, 4.69) is 34.3 Å². The smallest absolute Gasteiger partial charge is 0.258 e.